The highest BCUT2D eigenvalue weighted by Gasteiger charge is 2.31. The summed E-state index contributed by atoms with van der Waals surface area (Å²) in [5.74, 6) is 0.747. The van der Waals surface area contributed by atoms with E-state index in [-0.39, 0.29) is 0 Å². The van der Waals surface area contributed by atoms with Gasteiger partial charge in [0.25, 0.3) is 0 Å². The second-order valence-corrected chi connectivity index (χ2v) is 6.02. The quantitative estimate of drug-likeness (QED) is 0.852. The molecule has 1 aliphatic carbocycles. The van der Waals surface area contributed by atoms with E-state index in [4.69, 9.17) is 0 Å². The first-order valence-electron chi connectivity index (χ1n) is 7.60. The van der Waals surface area contributed by atoms with E-state index >= 15 is 0 Å². The predicted molar refractivity (Wildman–Crippen MR) is 84.9 cm³/mol. The van der Waals surface area contributed by atoms with Gasteiger partial charge >= 0.3 is 0 Å². The van der Waals surface area contributed by atoms with E-state index < -0.39 is 0 Å². The van der Waals surface area contributed by atoms with Crippen molar-refractivity contribution in [1.82, 2.24) is 5.32 Å². The van der Waals surface area contributed by atoms with Crippen LogP contribution in [-0.2, 0) is 0 Å². The lowest BCUT2D eigenvalue weighted by atomic mass is 9.74. The van der Waals surface area contributed by atoms with Gasteiger partial charge in [0.05, 0.1) is 0 Å². The van der Waals surface area contributed by atoms with Gasteiger partial charge in [-0.1, -0.05) is 54.6 Å². The molecule has 2 aromatic carbocycles. The molecule has 0 aliphatic heterocycles. The highest BCUT2D eigenvalue weighted by Crippen LogP contribution is 2.39. The molecular weight excluding hydrogens is 242 g/mol. The predicted octanol–water partition coefficient (Wildman–Crippen LogP) is 4.59. The van der Waals surface area contributed by atoms with E-state index in [1.807, 2.05) is 0 Å². The third kappa shape index (κ3) is 2.78. The van der Waals surface area contributed by atoms with Crippen molar-refractivity contribution in [2.75, 3.05) is 0 Å². The molecule has 1 saturated carbocycles. The number of hydrogen-bond acceptors (Lipinski definition) is 1. The molecule has 1 nitrogen and oxygen atoms in total. The zero-order valence-electron chi connectivity index (χ0n) is 12.3. The molecule has 1 fully saturated rings. The van der Waals surface area contributed by atoms with Crippen molar-refractivity contribution in [3.8, 4) is 0 Å². The summed E-state index contributed by atoms with van der Waals surface area (Å²) in [5.41, 5.74) is 4.36. The Kier molecular flexibility index (Phi) is 3.88. The van der Waals surface area contributed by atoms with Gasteiger partial charge in [0.15, 0.2) is 0 Å². The zero-order valence-corrected chi connectivity index (χ0v) is 12.3. The molecule has 0 heterocycles. The van der Waals surface area contributed by atoms with Crippen LogP contribution in [0.25, 0.3) is 0 Å². The van der Waals surface area contributed by atoms with Gasteiger partial charge in [-0.2, -0.15) is 0 Å². The van der Waals surface area contributed by atoms with Gasteiger partial charge in [-0.05, 0) is 49.3 Å². The molecule has 0 saturated heterocycles. The molecule has 20 heavy (non-hydrogen) atoms. The van der Waals surface area contributed by atoms with Crippen molar-refractivity contribution in [3.05, 3.63) is 71.3 Å². The fraction of sp³-hybridized carbons (Fsp3) is 0.368. The molecule has 0 amide bonds. The van der Waals surface area contributed by atoms with Gasteiger partial charge in [-0.15, -0.1) is 0 Å². The SMILES string of the molecule is Cc1ccccc1C1CC(NC(C)c2ccccc2)C1. The zero-order chi connectivity index (χ0) is 13.9. The van der Waals surface area contributed by atoms with Crippen molar-refractivity contribution in [1.29, 1.82) is 0 Å². The molecule has 104 valence electrons. The summed E-state index contributed by atoms with van der Waals surface area (Å²) in [5, 5.41) is 3.75. The normalized spacial score (nSPS) is 23.1. The van der Waals surface area contributed by atoms with E-state index in [1.54, 1.807) is 0 Å². The van der Waals surface area contributed by atoms with Crippen LogP contribution in [0.1, 0.15) is 48.4 Å². The van der Waals surface area contributed by atoms with Crippen molar-refractivity contribution in [3.63, 3.8) is 0 Å². The molecule has 3 rings (SSSR count). The Labute approximate surface area is 122 Å². The smallest absolute Gasteiger partial charge is 0.0294 e. The highest BCUT2D eigenvalue weighted by atomic mass is 15.0. The minimum atomic E-state index is 0.444. The fourth-order valence-corrected chi connectivity index (χ4v) is 3.24. The third-order valence-electron chi connectivity index (χ3n) is 4.55. The van der Waals surface area contributed by atoms with Crippen molar-refractivity contribution < 1.29 is 0 Å². The Morgan fingerprint density at radius 1 is 0.950 bits per heavy atom. The van der Waals surface area contributed by atoms with Gasteiger partial charge in [0, 0.05) is 12.1 Å². The molecule has 0 aromatic heterocycles. The Balaban J connectivity index is 1.55. The molecule has 0 radical (unpaired) electrons. The Bertz CT molecular complexity index is 555. The van der Waals surface area contributed by atoms with E-state index in [2.05, 4.69) is 73.8 Å². The van der Waals surface area contributed by atoms with Crippen molar-refractivity contribution in [2.45, 2.75) is 44.7 Å². The Morgan fingerprint density at radius 2 is 1.60 bits per heavy atom. The lowest BCUT2D eigenvalue weighted by Gasteiger charge is -2.39. The molecule has 1 aliphatic rings. The first-order valence-corrected chi connectivity index (χ1v) is 7.60. The largest absolute Gasteiger partial charge is 0.307 e. The molecule has 2 aromatic rings. The average molecular weight is 265 g/mol. The lowest BCUT2D eigenvalue weighted by molar-refractivity contribution is 0.270. The van der Waals surface area contributed by atoms with E-state index in [1.165, 1.54) is 29.5 Å². The van der Waals surface area contributed by atoms with E-state index in [0.29, 0.717) is 12.1 Å². The van der Waals surface area contributed by atoms with Crippen LogP contribution in [0.4, 0.5) is 0 Å². The van der Waals surface area contributed by atoms with Crippen LogP contribution in [-0.4, -0.2) is 6.04 Å². The minimum absolute atomic E-state index is 0.444. The van der Waals surface area contributed by atoms with Crippen LogP contribution < -0.4 is 5.32 Å². The van der Waals surface area contributed by atoms with Gasteiger partial charge in [-0.3, -0.25) is 0 Å². The van der Waals surface area contributed by atoms with Crippen LogP contribution in [0.5, 0.6) is 0 Å². The number of benzene rings is 2. The van der Waals surface area contributed by atoms with Crippen LogP contribution in [0, 0.1) is 6.92 Å². The topological polar surface area (TPSA) is 12.0 Å². The summed E-state index contributed by atoms with van der Waals surface area (Å²) >= 11 is 0. The number of rotatable bonds is 4. The first kappa shape index (κ1) is 13.4. The Morgan fingerprint density at radius 3 is 2.30 bits per heavy atom. The third-order valence-corrected chi connectivity index (χ3v) is 4.55. The average Bonchev–Trinajstić information content (AvgIpc) is 2.44. The first-order chi connectivity index (χ1) is 9.74. The minimum Gasteiger partial charge on any atom is -0.307 e. The van der Waals surface area contributed by atoms with Gasteiger partial charge in [-0.25, -0.2) is 0 Å². The summed E-state index contributed by atoms with van der Waals surface area (Å²) in [4.78, 5) is 0. The lowest BCUT2D eigenvalue weighted by Crippen LogP contribution is -2.41. The second-order valence-electron chi connectivity index (χ2n) is 6.02. The van der Waals surface area contributed by atoms with Gasteiger partial charge in [0.2, 0.25) is 0 Å². The van der Waals surface area contributed by atoms with Crippen molar-refractivity contribution >= 4 is 0 Å². The van der Waals surface area contributed by atoms with E-state index in [9.17, 15) is 0 Å². The molecule has 0 spiro atoms. The monoisotopic (exact) mass is 265 g/mol. The van der Waals surface area contributed by atoms with Crippen LogP contribution in [0.3, 0.4) is 0 Å². The summed E-state index contributed by atoms with van der Waals surface area (Å²) in [6, 6.07) is 20.6. The summed E-state index contributed by atoms with van der Waals surface area (Å²) in [7, 11) is 0. The maximum Gasteiger partial charge on any atom is 0.0294 e. The second kappa shape index (κ2) is 5.80. The molecular formula is C19H23N. The standard InChI is InChI=1S/C19H23N/c1-14-8-6-7-11-19(14)17-12-18(13-17)20-15(2)16-9-4-3-5-10-16/h3-11,15,17-18,20H,12-13H2,1-2H3. The number of aryl methyl sites for hydroxylation is 1. The summed E-state index contributed by atoms with van der Waals surface area (Å²) < 4.78 is 0. The maximum atomic E-state index is 3.75. The van der Waals surface area contributed by atoms with E-state index in [0.717, 1.165) is 5.92 Å². The van der Waals surface area contributed by atoms with Gasteiger partial charge in [0.1, 0.15) is 0 Å². The maximum absolute atomic E-state index is 3.75. The number of hydrogen-bond donors (Lipinski definition) is 1. The number of nitrogens with one attached hydrogen (secondary N) is 1. The van der Waals surface area contributed by atoms with Crippen LogP contribution in [0.15, 0.2) is 54.6 Å². The van der Waals surface area contributed by atoms with Crippen molar-refractivity contribution in [2.24, 2.45) is 0 Å². The van der Waals surface area contributed by atoms with Gasteiger partial charge < -0.3 is 5.32 Å². The molecule has 1 heteroatoms. The summed E-state index contributed by atoms with van der Waals surface area (Å²) in [6.45, 7) is 4.49. The van der Waals surface area contributed by atoms with Crippen LogP contribution in [0.2, 0.25) is 0 Å². The molecule has 1 atom stereocenters. The van der Waals surface area contributed by atoms with Crippen LogP contribution >= 0.6 is 0 Å². The highest BCUT2D eigenvalue weighted by molar-refractivity contribution is 5.31. The molecule has 1 N–H and O–H groups in total. The Hall–Kier alpha value is -1.60. The summed E-state index contributed by atoms with van der Waals surface area (Å²) in [6.07, 6.45) is 2.53. The molecule has 0 bridgehead atoms. The molecule has 1 unspecified atom stereocenters. The fourth-order valence-electron chi connectivity index (χ4n) is 3.24.